The number of carbonyl (C=O) groups is 2. The summed E-state index contributed by atoms with van der Waals surface area (Å²) in [7, 11) is 0. The summed E-state index contributed by atoms with van der Waals surface area (Å²) in [5.41, 5.74) is 0. The molecule has 0 aromatic heterocycles. The molecule has 4 nitrogen and oxygen atoms in total. The van der Waals surface area contributed by atoms with E-state index >= 15 is 0 Å². The molecule has 0 bridgehead atoms. The van der Waals surface area contributed by atoms with Gasteiger partial charge in [-0.05, 0) is 31.9 Å². The van der Waals surface area contributed by atoms with Crippen molar-refractivity contribution in [1.29, 1.82) is 0 Å². The van der Waals surface area contributed by atoms with Crippen molar-refractivity contribution in [2.24, 2.45) is 11.8 Å². The molecule has 0 radical (unpaired) electrons. The largest absolute Gasteiger partial charge is 0.481 e. The van der Waals surface area contributed by atoms with Crippen LogP contribution >= 0.6 is 11.8 Å². The molecule has 1 amide bonds. The number of thioether (sulfide) groups is 1. The van der Waals surface area contributed by atoms with Crippen LogP contribution < -0.4 is 5.32 Å². The van der Waals surface area contributed by atoms with Crippen molar-refractivity contribution in [2.75, 3.05) is 6.26 Å². The number of nitrogens with one attached hydrogen (secondary N) is 1. The smallest absolute Gasteiger partial charge is 0.307 e. The molecule has 0 aromatic carbocycles. The van der Waals surface area contributed by atoms with Gasteiger partial charge in [0, 0.05) is 11.3 Å². The molecule has 96 valence electrons. The Bertz CT molecular complexity index is 321. The van der Waals surface area contributed by atoms with Crippen LogP contribution in [0.4, 0.5) is 0 Å². The van der Waals surface area contributed by atoms with Gasteiger partial charge in [0.2, 0.25) is 5.91 Å². The maximum Gasteiger partial charge on any atom is 0.307 e. The third-order valence-electron chi connectivity index (χ3n) is 3.75. The molecule has 2 aliphatic carbocycles. The number of hydrogen-bond donors (Lipinski definition) is 2. The van der Waals surface area contributed by atoms with Gasteiger partial charge in [-0.15, -0.1) is 0 Å². The zero-order valence-corrected chi connectivity index (χ0v) is 10.8. The maximum atomic E-state index is 11.8. The first-order valence-corrected chi connectivity index (χ1v) is 7.46. The minimum atomic E-state index is -0.837. The highest BCUT2D eigenvalue weighted by Crippen LogP contribution is 2.39. The Morgan fingerprint density at radius 3 is 2.59 bits per heavy atom. The summed E-state index contributed by atoms with van der Waals surface area (Å²) in [6.07, 6.45) is 7.07. The fraction of sp³-hybridized carbons (Fsp3) is 0.833. The molecule has 2 saturated carbocycles. The van der Waals surface area contributed by atoms with Gasteiger partial charge in [0.1, 0.15) is 0 Å². The Hall–Kier alpha value is -0.710. The number of carbonyl (C=O) groups excluding carboxylic acids is 1. The molecule has 2 aliphatic rings. The van der Waals surface area contributed by atoms with Crippen molar-refractivity contribution >= 4 is 23.6 Å². The Kier molecular flexibility index (Phi) is 3.97. The van der Waals surface area contributed by atoms with Crippen LogP contribution in [0.25, 0.3) is 0 Å². The Labute approximate surface area is 106 Å². The molecule has 2 N–H and O–H groups in total. The van der Waals surface area contributed by atoms with Gasteiger partial charge in [0.15, 0.2) is 0 Å². The second-order valence-corrected chi connectivity index (χ2v) is 6.15. The summed E-state index contributed by atoms with van der Waals surface area (Å²) < 4.78 is 0. The summed E-state index contributed by atoms with van der Waals surface area (Å²) in [4.78, 5) is 22.5. The molecule has 2 fully saturated rings. The number of amides is 1. The molecule has 0 aliphatic heterocycles. The predicted molar refractivity (Wildman–Crippen MR) is 66.9 cm³/mol. The first-order valence-electron chi connectivity index (χ1n) is 6.17. The van der Waals surface area contributed by atoms with E-state index in [0.29, 0.717) is 11.7 Å². The van der Waals surface area contributed by atoms with Crippen LogP contribution in [-0.2, 0) is 9.59 Å². The van der Waals surface area contributed by atoms with Gasteiger partial charge in [-0.25, -0.2) is 0 Å². The average molecular weight is 257 g/mol. The lowest BCUT2D eigenvalue weighted by atomic mass is 9.95. The minimum Gasteiger partial charge on any atom is -0.481 e. The van der Waals surface area contributed by atoms with E-state index in [4.69, 9.17) is 5.11 Å². The summed E-state index contributed by atoms with van der Waals surface area (Å²) in [6.45, 7) is 0. The highest BCUT2D eigenvalue weighted by molar-refractivity contribution is 7.99. The van der Waals surface area contributed by atoms with Crippen LogP contribution in [0.2, 0.25) is 0 Å². The van der Waals surface area contributed by atoms with Gasteiger partial charge in [0.05, 0.1) is 11.8 Å². The average Bonchev–Trinajstić information content (AvgIpc) is 3.09. The molecule has 17 heavy (non-hydrogen) atoms. The van der Waals surface area contributed by atoms with E-state index in [9.17, 15) is 9.59 Å². The Balaban J connectivity index is 1.77. The van der Waals surface area contributed by atoms with E-state index in [0.717, 1.165) is 19.3 Å². The van der Waals surface area contributed by atoms with Crippen molar-refractivity contribution in [2.45, 2.75) is 43.4 Å². The normalized spacial score (nSPS) is 36.3. The van der Waals surface area contributed by atoms with Crippen LogP contribution in [0, 0.1) is 11.8 Å². The van der Waals surface area contributed by atoms with Crippen LogP contribution in [0.5, 0.6) is 0 Å². The topological polar surface area (TPSA) is 66.4 Å². The number of carboxylic acids is 1. The quantitative estimate of drug-likeness (QED) is 0.801. The van der Waals surface area contributed by atoms with Crippen molar-refractivity contribution in [1.82, 2.24) is 5.32 Å². The molecule has 2 rings (SSSR count). The second-order valence-electron chi connectivity index (χ2n) is 5.02. The number of aliphatic carboxylic acids is 1. The van der Waals surface area contributed by atoms with E-state index in [2.05, 4.69) is 11.6 Å². The van der Waals surface area contributed by atoms with Crippen LogP contribution in [-0.4, -0.2) is 34.5 Å². The lowest BCUT2D eigenvalue weighted by Gasteiger charge is -2.28. The molecule has 5 heteroatoms. The maximum absolute atomic E-state index is 11.8. The van der Waals surface area contributed by atoms with Gasteiger partial charge in [0.25, 0.3) is 0 Å². The third kappa shape index (κ3) is 3.15. The van der Waals surface area contributed by atoms with E-state index in [1.165, 1.54) is 6.42 Å². The molecule has 4 atom stereocenters. The molecule has 0 unspecified atom stereocenters. The first-order chi connectivity index (χ1) is 8.11. The van der Waals surface area contributed by atoms with E-state index < -0.39 is 11.9 Å². The van der Waals surface area contributed by atoms with Crippen molar-refractivity contribution < 1.29 is 14.7 Å². The van der Waals surface area contributed by atoms with Crippen LogP contribution in [0.3, 0.4) is 0 Å². The molecule has 0 saturated heterocycles. The number of hydrogen-bond acceptors (Lipinski definition) is 3. The molecular formula is C12H19NO3S. The fourth-order valence-electron chi connectivity index (χ4n) is 2.56. The predicted octanol–water partition coefficient (Wildman–Crippen LogP) is 1.50. The first kappa shape index (κ1) is 12.7. The zero-order chi connectivity index (χ0) is 12.4. The Morgan fingerprint density at radius 1 is 1.24 bits per heavy atom. The highest BCUT2D eigenvalue weighted by Gasteiger charge is 2.48. The minimum absolute atomic E-state index is 0.0517. The van der Waals surface area contributed by atoms with Gasteiger partial charge in [-0.2, -0.15) is 11.8 Å². The third-order valence-corrected chi connectivity index (χ3v) is 4.85. The van der Waals surface area contributed by atoms with Gasteiger partial charge < -0.3 is 10.4 Å². The zero-order valence-electron chi connectivity index (χ0n) is 10.0. The number of rotatable bonds is 4. The molecule has 0 heterocycles. The fourth-order valence-corrected chi connectivity index (χ4v) is 3.38. The van der Waals surface area contributed by atoms with Gasteiger partial charge >= 0.3 is 5.97 Å². The summed E-state index contributed by atoms with van der Waals surface area (Å²) in [5, 5.41) is 12.4. The summed E-state index contributed by atoms with van der Waals surface area (Å²) in [6, 6.07) is 0.253. The SMILES string of the molecule is CS[C@@H]1CCC[C@H](NC(=O)[C@H]2C[C@@H]2C(=O)O)C1. The monoisotopic (exact) mass is 257 g/mol. The lowest BCUT2D eigenvalue weighted by Crippen LogP contribution is -2.40. The molecular weight excluding hydrogens is 238 g/mol. The van der Waals surface area contributed by atoms with E-state index in [1.807, 2.05) is 11.8 Å². The standard InChI is InChI=1S/C12H19NO3S/c1-17-8-4-2-3-7(5-8)13-11(14)9-6-10(9)12(15)16/h7-10H,2-6H2,1H3,(H,13,14)(H,15,16)/t7-,8+,9-,10-/m0/s1. The number of carboxylic acid groups (broad SMARTS) is 1. The Morgan fingerprint density at radius 2 is 2.00 bits per heavy atom. The van der Waals surface area contributed by atoms with E-state index in [-0.39, 0.29) is 17.9 Å². The summed E-state index contributed by atoms with van der Waals surface area (Å²) >= 11 is 1.86. The second kappa shape index (κ2) is 5.29. The molecule has 0 spiro atoms. The summed E-state index contributed by atoms with van der Waals surface area (Å²) in [5.74, 6) is -1.60. The van der Waals surface area contributed by atoms with Crippen LogP contribution in [0.1, 0.15) is 32.1 Å². The van der Waals surface area contributed by atoms with Crippen molar-refractivity contribution in [3.05, 3.63) is 0 Å². The van der Waals surface area contributed by atoms with Gasteiger partial charge in [-0.3, -0.25) is 9.59 Å². The van der Waals surface area contributed by atoms with Gasteiger partial charge in [-0.1, -0.05) is 6.42 Å². The van der Waals surface area contributed by atoms with Crippen molar-refractivity contribution in [3.8, 4) is 0 Å². The highest BCUT2D eigenvalue weighted by atomic mass is 32.2. The lowest BCUT2D eigenvalue weighted by molar-refractivity contribution is -0.140. The van der Waals surface area contributed by atoms with Crippen molar-refractivity contribution in [3.63, 3.8) is 0 Å². The molecule has 0 aromatic rings. The van der Waals surface area contributed by atoms with Crippen LogP contribution in [0.15, 0.2) is 0 Å². The van der Waals surface area contributed by atoms with E-state index in [1.54, 1.807) is 0 Å².